The number of rotatable bonds is 3. The molecule has 3 heteroatoms. The molecular weight excluding hydrogens is 240 g/mol. The molecule has 0 saturated carbocycles. The van der Waals surface area contributed by atoms with E-state index in [4.69, 9.17) is 9.47 Å². The fourth-order valence-electron chi connectivity index (χ4n) is 3.32. The third kappa shape index (κ3) is 2.37. The molecule has 0 aromatic heterocycles. The van der Waals surface area contributed by atoms with Crippen molar-refractivity contribution in [1.82, 2.24) is 0 Å². The molecule has 3 atom stereocenters. The van der Waals surface area contributed by atoms with Crippen molar-refractivity contribution in [3.05, 3.63) is 29.3 Å². The lowest BCUT2D eigenvalue weighted by atomic mass is 9.87. The van der Waals surface area contributed by atoms with Crippen LogP contribution in [0.4, 0.5) is 0 Å². The Hall–Kier alpha value is -1.06. The summed E-state index contributed by atoms with van der Waals surface area (Å²) < 4.78 is 11.5. The highest BCUT2D eigenvalue weighted by Crippen LogP contribution is 2.40. The van der Waals surface area contributed by atoms with Crippen LogP contribution in [0.3, 0.4) is 0 Å². The summed E-state index contributed by atoms with van der Waals surface area (Å²) in [5.74, 6) is 1.12. The van der Waals surface area contributed by atoms with Gasteiger partial charge in [-0.3, -0.25) is 0 Å². The van der Waals surface area contributed by atoms with Gasteiger partial charge in [0, 0.05) is 18.1 Å². The van der Waals surface area contributed by atoms with Crippen LogP contribution >= 0.6 is 0 Å². The Kier molecular flexibility index (Phi) is 3.76. The van der Waals surface area contributed by atoms with E-state index in [-0.39, 0.29) is 12.0 Å². The molecule has 2 aliphatic rings. The maximum atomic E-state index is 10.7. The van der Waals surface area contributed by atoms with Crippen LogP contribution in [-0.2, 0) is 11.2 Å². The minimum absolute atomic E-state index is 0.175. The fraction of sp³-hybridized carbons (Fsp3) is 0.625. The highest BCUT2D eigenvalue weighted by atomic mass is 16.5. The van der Waals surface area contributed by atoms with Crippen molar-refractivity contribution in [2.24, 2.45) is 5.92 Å². The highest BCUT2D eigenvalue weighted by molar-refractivity contribution is 5.44. The van der Waals surface area contributed by atoms with E-state index in [0.717, 1.165) is 50.2 Å². The van der Waals surface area contributed by atoms with Crippen LogP contribution in [0.1, 0.15) is 43.4 Å². The summed E-state index contributed by atoms with van der Waals surface area (Å²) >= 11 is 0. The van der Waals surface area contributed by atoms with Gasteiger partial charge in [0.15, 0.2) is 0 Å². The van der Waals surface area contributed by atoms with Crippen LogP contribution in [-0.4, -0.2) is 24.4 Å². The van der Waals surface area contributed by atoms with Crippen molar-refractivity contribution in [1.29, 1.82) is 0 Å². The number of hydrogen-bond acceptors (Lipinski definition) is 3. The topological polar surface area (TPSA) is 38.7 Å². The standard InChI is InChI=1S/C16H22O3/c1-2-14-12(8-10-18-14)15(17)13-7-3-5-11-6-4-9-19-16(11)13/h3,5,7,12,14-15,17H,2,4,6,8-10H2,1H3. The van der Waals surface area contributed by atoms with E-state index in [0.29, 0.717) is 0 Å². The quantitative estimate of drug-likeness (QED) is 0.910. The van der Waals surface area contributed by atoms with E-state index in [1.807, 2.05) is 12.1 Å². The molecule has 0 spiro atoms. The fourth-order valence-corrected chi connectivity index (χ4v) is 3.32. The molecule has 3 rings (SSSR count). The molecule has 1 aromatic carbocycles. The number of hydrogen-bond donors (Lipinski definition) is 1. The molecule has 2 heterocycles. The van der Waals surface area contributed by atoms with E-state index in [1.165, 1.54) is 5.56 Å². The van der Waals surface area contributed by atoms with Crippen LogP contribution in [0, 0.1) is 5.92 Å². The summed E-state index contributed by atoms with van der Waals surface area (Å²) in [5, 5.41) is 10.7. The number of benzene rings is 1. The lowest BCUT2D eigenvalue weighted by Gasteiger charge is -2.27. The molecule has 3 nitrogen and oxygen atoms in total. The van der Waals surface area contributed by atoms with E-state index >= 15 is 0 Å². The van der Waals surface area contributed by atoms with Gasteiger partial charge in [-0.1, -0.05) is 25.1 Å². The van der Waals surface area contributed by atoms with E-state index in [2.05, 4.69) is 13.0 Å². The van der Waals surface area contributed by atoms with Gasteiger partial charge in [-0.15, -0.1) is 0 Å². The summed E-state index contributed by atoms with van der Waals surface area (Å²) in [5.41, 5.74) is 2.18. The number of ether oxygens (including phenoxy) is 2. The number of aliphatic hydroxyl groups excluding tert-OH is 1. The van der Waals surface area contributed by atoms with Gasteiger partial charge in [-0.25, -0.2) is 0 Å². The van der Waals surface area contributed by atoms with Crippen molar-refractivity contribution in [2.75, 3.05) is 13.2 Å². The van der Waals surface area contributed by atoms with E-state index < -0.39 is 6.10 Å². The summed E-state index contributed by atoms with van der Waals surface area (Å²) in [6, 6.07) is 6.13. The predicted octanol–water partition coefficient (Wildman–Crippen LogP) is 2.86. The van der Waals surface area contributed by atoms with Gasteiger partial charge in [0.2, 0.25) is 0 Å². The van der Waals surface area contributed by atoms with Crippen LogP contribution in [0.2, 0.25) is 0 Å². The average molecular weight is 262 g/mol. The molecule has 104 valence electrons. The molecule has 0 amide bonds. The number of fused-ring (bicyclic) bond motifs is 1. The van der Waals surface area contributed by atoms with E-state index in [1.54, 1.807) is 0 Å². The van der Waals surface area contributed by atoms with Crippen LogP contribution in [0.25, 0.3) is 0 Å². The maximum absolute atomic E-state index is 10.7. The smallest absolute Gasteiger partial charge is 0.128 e. The summed E-state index contributed by atoms with van der Waals surface area (Å²) in [7, 11) is 0. The monoisotopic (exact) mass is 262 g/mol. The molecule has 0 radical (unpaired) electrons. The van der Waals surface area contributed by atoms with E-state index in [9.17, 15) is 5.11 Å². The van der Waals surface area contributed by atoms with Gasteiger partial charge < -0.3 is 14.6 Å². The molecule has 0 aliphatic carbocycles. The molecule has 19 heavy (non-hydrogen) atoms. The molecule has 1 saturated heterocycles. The SMILES string of the molecule is CCC1OCCC1C(O)c1cccc2c1OCCC2. The second kappa shape index (κ2) is 5.51. The molecular formula is C16H22O3. The first kappa shape index (κ1) is 12.9. The first-order chi connectivity index (χ1) is 9.31. The van der Waals surface area contributed by atoms with Gasteiger partial charge in [0.1, 0.15) is 5.75 Å². The van der Waals surface area contributed by atoms with Gasteiger partial charge in [-0.2, -0.15) is 0 Å². The largest absolute Gasteiger partial charge is 0.493 e. The maximum Gasteiger partial charge on any atom is 0.128 e. The second-order valence-corrected chi connectivity index (χ2v) is 5.50. The molecule has 1 aromatic rings. The Morgan fingerprint density at radius 3 is 3.11 bits per heavy atom. The Balaban J connectivity index is 1.89. The first-order valence-electron chi connectivity index (χ1n) is 7.35. The normalized spacial score (nSPS) is 27.7. The number of para-hydroxylation sites is 1. The predicted molar refractivity (Wildman–Crippen MR) is 73.4 cm³/mol. The van der Waals surface area contributed by atoms with Gasteiger partial charge in [0.25, 0.3) is 0 Å². The van der Waals surface area contributed by atoms with Crippen LogP contribution < -0.4 is 4.74 Å². The molecule has 2 aliphatic heterocycles. The Morgan fingerprint density at radius 2 is 2.26 bits per heavy atom. The van der Waals surface area contributed by atoms with Gasteiger partial charge >= 0.3 is 0 Å². The molecule has 1 N–H and O–H groups in total. The number of aryl methyl sites for hydroxylation is 1. The highest BCUT2D eigenvalue weighted by Gasteiger charge is 2.35. The van der Waals surface area contributed by atoms with Gasteiger partial charge in [-0.05, 0) is 31.2 Å². The van der Waals surface area contributed by atoms with Crippen LogP contribution in [0.5, 0.6) is 5.75 Å². The second-order valence-electron chi connectivity index (χ2n) is 5.50. The minimum atomic E-state index is -0.472. The van der Waals surface area contributed by atoms with Crippen molar-refractivity contribution >= 4 is 0 Å². The van der Waals surface area contributed by atoms with Crippen molar-refractivity contribution in [3.8, 4) is 5.75 Å². The Morgan fingerprint density at radius 1 is 1.37 bits per heavy atom. The zero-order valence-corrected chi connectivity index (χ0v) is 11.5. The lowest BCUT2D eigenvalue weighted by Crippen LogP contribution is -2.23. The Bertz CT molecular complexity index is 444. The van der Waals surface area contributed by atoms with Crippen molar-refractivity contribution in [2.45, 2.75) is 44.8 Å². The molecule has 1 fully saturated rings. The van der Waals surface area contributed by atoms with Gasteiger partial charge in [0.05, 0.1) is 18.8 Å². The zero-order valence-electron chi connectivity index (χ0n) is 11.5. The summed E-state index contributed by atoms with van der Waals surface area (Å²) in [4.78, 5) is 0. The Labute approximate surface area is 114 Å². The van der Waals surface area contributed by atoms with Crippen molar-refractivity contribution in [3.63, 3.8) is 0 Å². The summed E-state index contributed by atoms with van der Waals surface area (Å²) in [6.45, 7) is 3.64. The molecule has 3 unspecified atom stereocenters. The molecule has 0 bridgehead atoms. The third-order valence-electron chi connectivity index (χ3n) is 4.35. The third-order valence-corrected chi connectivity index (χ3v) is 4.35. The number of aliphatic hydroxyl groups is 1. The lowest BCUT2D eigenvalue weighted by molar-refractivity contribution is 0.0293. The zero-order chi connectivity index (χ0) is 13.2. The van der Waals surface area contributed by atoms with Crippen molar-refractivity contribution < 1.29 is 14.6 Å². The minimum Gasteiger partial charge on any atom is -0.493 e. The first-order valence-corrected chi connectivity index (χ1v) is 7.35. The van der Waals surface area contributed by atoms with Crippen LogP contribution in [0.15, 0.2) is 18.2 Å². The summed E-state index contributed by atoms with van der Waals surface area (Å²) in [6.07, 6.45) is 3.71. The average Bonchev–Trinajstić information content (AvgIpc) is 2.94.